The third-order valence-electron chi connectivity index (χ3n) is 4.81. The van der Waals surface area contributed by atoms with Crippen LogP contribution in [0.15, 0.2) is 77.3 Å². The molecule has 1 aliphatic rings. The first-order valence-electron chi connectivity index (χ1n) is 9.47. The van der Waals surface area contributed by atoms with Gasteiger partial charge in [-0.25, -0.2) is 0 Å². The molecule has 1 aromatic heterocycles. The fourth-order valence-electron chi connectivity index (χ4n) is 3.39. The largest absolute Gasteiger partial charge is 0.496 e. The van der Waals surface area contributed by atoms with E-state index in [1.807, 2.05) is 77.0 Å². The number of methoxy groups -OCH3 is 1. The molecule has 4 rings (SSSR count). The molecule has 29 heavy (non-hydrogen) atoms. The molecule has 1 atom stereocenters. The van der Waals surface area contributed by atoms with Crippen LogP contribution in [0.25, 0.3) is 0 Å². The minimum atomic E-state index is -0.192. The summed E-state index contributed by atoms with van der Waals surface area (Å²) in [7, 11) is 1.65. The minimum Gasteiger partial charge on any atom is -0.496 e. The highest BCUT2D eigenvalue weighted by Crippen LogP contribution is 2.25. The number of hydrogen-bond donors (Lipinski definition) is 0. The van der Waals surface area contributed by atoms with E-state index in [2.05, 4.69) is 5.16 Å². The molecule has 1 unspecified atom stereocenters. The molecule has 0 radical (unpaired) electrons. The van der Waals surface area contributed by atoms with E-state index in [4.69, 9.17) is 9.57 Å². The van der Waals surface area contributed by atoms with Crippen LogP contribution >= 0.6 is 11.3 Å². The van der Waals surface area contributed by atoms with Gasteiger partial charge in [0.05, 0.1) is 24.2 Å². The Hall–Kier alpha value is -3.12. The predicted octanol–water partition coefficient (Wildman–Crippen LogP) is 4.59. The molecule has 0 aliphatic carbocycles. The van der Waals surface area contributed by atoms with Gasteiger partial charge in [0.1, 0.15) is 5.75 Å². The van der Waals surface area contributed by atoms with Crippen molar-refractivity contribution in [1.29, 1.82) is 0 Å². The maximum absolute atomic E-state index is 13.1. The number of carbonyl (C=O) groups is 1. The first-order valence-corrected chi connectivity index (χ1v) is 10.4. The third-order valence-corrected chi connectivity index (χ3v) is 5.67. The Bertz CT molecular complexity index is 986. The number of hydrogen-bond acceptors (Lipinski definition) is 5. The Morgan fingerprint density at radius 2 is 1.93 bits per heavy atom. The lowest BCUT2D eigenvalue weighted by atomic mass is 10.0. The molecule has 148 valence electrons. The Kier molecular flexibility index (Phi) is 5.91. The van der Waals surface area contributed by atoms with E-state index >= 15 is 0 Å². The first kappa shape index (κ1) is 19.2. The van der Waals surface area contributed by atoms with Gasteiger partial charge in [-0.3, -0.25) is 4.79 Å². The van der Waals surface area contributed by atoms with E-state index in [1.165, 1.54) is 11.3 Å². The standard InChI is InChI=1S/C23H22N2O3S/c1-27-21-11-6-5-10-19(21)20-14-18(28-24-20)16-25(15-17-8-3-2-4-9-17)23(26)22-12-7-13-29-22/h2-13,18H,14-16H2,1H3. The number of thiophene rings is 1. The summed E-state index contributed by atoms with van der Waals surface area (Å²) in [5.41, 5.74) is 2.86. The number of benzene rings is 2. The molecular weight excluding hydrogens is 384 g/mol. The molecule has 5 nitrogen and oxygen atoms in total. The predicted molar refractivity (Wildman–Crippen MR) is 115 cm³/mol. The van der Waals surface area contributed by atoms with Gasteiger partial charge in [0.2, 0.25) is 0 Å². The third kappa shape index (κ3) is 4.49. The van der Waals surface area contributed by atoms with Crippen molar-refractivity contribution in [3.63, 3.8) is 0 Å². The SMILES string of the molecule is COc1ccccc1C1=NOC(CN(Cc2ccccc2)C(=O)c2cccs2)C1. The summed E-state index contributed by atoms with van der Waals surface area (Å²) in [4.78, 5) is 21.3. The van der Waals surface area contributed by atoms with Crippen LogP contribution < -0.4 is 4.74 Å². The lowest BCUT2D eigenvalue weighted by Gasteiger charge is -2.24. The van der Waals surface area contributed by atoms with Crippen molar-refractivity contribution in [1.82, 2.24) is 4.90 Å². The Morgan fingerprint density at radius 3 is 2.69 bits per heavy atom. The second kappa shape index (κ2) is 8.92. The zero-order valence-corrected chi connectivity index (χ0v) is 17.0. The average Bonchev–Trinajstić information content (AvgIpc) is 3.46. The number of amides is 1. The van der Waals surface area contributed by atoms with Crippen LogP contribution in [0.5, 0.6) is 5.75 Å². The molecule has 0 saturated carbocycles. The summed E-state index contributed by atoms with van der Waals surface area (Å²) in [6, 6.07) is 21.5. The first-order chi connectivity index (χ1) is 14.2. The molecule has 1 aliphatic heterocycles. The summed E-state index contributed by atoms with van der Waals surface area (Å²) >= 11 is 1.45. The van der Waals surface area contributed by atoms with Gasteiger partial charge in [-0.15, -0.1) is 11.3 Å². The van der Waals surface area contributed by atoms with Gasteiger partial charge < -0.3 is 14.5 Å². The number of ether oxygens (including phenoxy) is 1. The molecule has 0 bridgehead atoms. The van der Waals surface area contributed by atoms with Gasteiger partial charge in [-0.1, -0.05) is 53.7 Å². The highest BCUT2D eigenvalue weighted by molar-refractivity contribution is 7.12. The van der Waals surface area contributed by atoms with E-state index in [0.717, 1.165) is 27.5 Å². The van der Waals surface area contributed by atoms with Gasteiger partial charge in [-0.2, -0.15) is 0 Å². The van der Waals surface area contributed by atoms with Gasteiger partial charge in [0, 0.05) is 18.5 Å². The second-order valence-electron chi connectivity index (χ2n) is 6.82. The van der Waals surface area contributed by atoms with Crippen LogP contribution in [0.3, 0.4) is 0 Å². The van der Waals surface area contributed by atoms with E-state index in [0.29, 0.717) is 19.5 Å². The molecule has 0 saturated heterocycles. The molecule has 0 spiro atoms. The number of carbonyl (C=O) groups excluding carboxylic acids is 1. The molecule has 2 aromatic carbocycles. The van der Waals surface area contributed by atoms with Crippen molar-refractivity contribution in [2.45, 2.75) is 19.1 Å². The maximum atomic E-state index is 13.1. The second-order valence-corrected chi connectivity index (χ2v) is 7.77. The van der Waals surface area contributed by atoms with Crippen molar-refractivity contribution in [2.24, 2.45) is 5.16 Å². The van der Waals surface area contributed by atoms with Gasteiger partial charge >= 0.3 is 0 Å². The van der Waals surface area contributed by atoms with Crippen LogP contribution in [0.1, 0.15) is 27.2 Å². The van der Waals surface area contributed by atoms with Crippen LogP contribution in [-0.2, 0) is 11.4 Å². The lowest BCUT2D eigenvalue weighted by molar-refractivity contribution is 0.0408. The average molecular weight is 407 g/mol. The smallest absolute Gasteiger partial charge is 0.264 e. The molecule has 6 heteroatoms. The molecule has 0 N–H and O–H groups in total. The van der Waals surface area contributed by atoms with Crippen molar-refractivity contribution >= 4 is 23.0 Å². The van der Waals surface area contributed by atoms with E-state index in [-0.39, 0.29) is 12.0 Å². The normalized spacial score (nSPS) is 15.5. The van der Waals surface area contributed by atoms with Gasteiger partial charge in [0.25, 0.3) is 5.91 Å². The highest BCUT2D eigenvalue weighted by atomic mass is 32.1. The number of oxime groups is 1. The lowest BCUT2D eigenvalue weighted by Crippen LogP contribution is -2.37. The number of rotatable bonds is 7. The molecule has 2 heterocycles. The Balaban J connectivity index is 1.49. The Labute approximate surface area is 174 Å². The van der Waals surface area contributed by atoms with Crippen LogP contribution in [0.4, 0.5) is 0 Å². The number of nitrogens with zero attached hydrogens (tertiary/aromatic N) is 2. The van der Waals surface area contributed by atoms with Crippen molar-refractivity contribution in [2.75, 3.05) is 13.7 Å². The van der Waals surface area contributed by atoms with Gasteiger partial charge in [0.15, 0.2) is 6.10 Å². The molecular formula is C23H22N2O3S. The molecule has 3 aromatic rings. The van der Waals surface area contributed by atoms with Crippen LogP contribution in [0, 0.1) is 0 Å². The van der Waals surface area contributed by atoms with Gasteiger partial charge in [-0.05, 0) is 29.1 Å². The van der Waals surface area contributed by atoms with E-state index in [9.17, 15) is 4.79 Å². The molecule has 0 fully saturated rings. The summed E-state index contributed by atoms with van der Waals surface area (Å²) < 4.78 is 5.44. The monoisotopic (exact) mass is 406 g/mol. The number of para-hydroxylation sites is 1. The van der Waals surface area contributed by atoms with Crippen molar-refractivity contribution < 1.29 is 14.4 Å². The summed E-state index contributed by atoms with van der Waals surface area (Å²) in [5.74, 6) is 0.782. The minimum absolute atomic E-state index is 0.0122. The van der Waals surface area contributed by atoms with E-state index in [1.54, 1.807) is 7.11 Å². The molecule has 1 amide bonds. The topological polar surface area (TPSA) is 51.1 Å². The van der Waals surface area contributed by atoms with E-state index < -0.39 is 0 Å². The summed E-state index contributed by atoms with van der Waals surface area (Å²) in [6.45, 7) is 0.995. The maximum Gasteiger partial charge on any atom is 0.264 e. The summed E-state index contributed by atoms with van der Waals surface area (Å²) in [5, 5.41) is 6.20. The zero-order chi connectivity index (χ0) is 20.1. The summed E-state index contributed by atoms with van der Waals surface area (Å²) in [6.07, 6.45) is 0.436. The zero-order valence-electron chi connectivity index (χ0n) is 16.2. The van der Waals surface area contributed by atoms with Crippen molar-refractivity contribution in [3.8, 4) is 5.75 Å². The van der Waals surface area contributed by atoms with Crippen LogP contribution in [-0.4, -0.2) is 36.3 Å². The fourth-order valence-corrected chi connectivity index (χ4v) is 4.08. The van der Waals surface area contributed by atoms with Crippen molar-refractivity contribution in [3.05, 3.63) is 88.1 Å². The van der Waals surface area contributed by atoms with Crippen LogP contribution in [0.2, 0.25) is 0 Å². The highest BCUT2D eigenvalue weighted by Gasteiger charge is 2.28. The fraction of sp³-hybridized carbons (Fsp3) is 0.217. The Morgan fingerprint density at radius 1 is 1.14 bits per heavy atom. The quantitative estimate of drug-likeness (QED) is 0.577.